The number of alkyl halides is 3. The van der Waals surface area contributed by atoms with E-state index in [2.05, 4.69) is 0 Å². The number of methoxy groups -OCH3 is 1. The summed E-state index contributed by atoms with van der Waals surface area (Å²) in [6.45, 7) is 0.836. The van der Waals surface area contributed by atoms with Gasteiger partial charge in [-0.2, -0.15) is 17.5 Å². The monoisotopic (exact) mass is 586 g/mol. The fourth-order valence-corrected chi connectivity index (χ4v) is 6.10. The zero-order valence-corrected chi connectivity index (χ0v) is 22.4. The smallest absolute Gasteiger partial charge is 0.490 e. The number of nitrogens with one attached hydrogen (secondary N) is 1. The number of rotatable bonds is 7. The number of carboxylic acids is 1. The first-order chi connectivity index (χ1) is 18.1. The Balaban J connectivity index is 0.000000532. The molecule has 3 aromatic rings. The predicted octanol–water partition coefficient (Wildman–Crippen LogP) is 3.25. The molecule has 2 aromatic carbocycles. The molecule has 1 unspecified atom stereocenters. The minimum Gasteiger partial charge on any atom is -0.497 e. The van der Waals surface area contributed by atoms with Crippen molar-refractivity contribution in [2.24, 2.45) is 5.73 Å². The second kappa shape index (κ2) is 11.6. The Hall–Kier alpha value is -3.69. The minimum absolute atomic E-state index is 0.00860. The molecule has 0 radical (unpaired) electrons. The molecule has 2 heterocycles. The first-order valence-electron chi connectivity index (χ1n) is 11.2. The number of likely N-dealkylation sites (tertiary alicyclic amines) is 1. The Morgan fingerprint density at radius 2 is 1.85 bits per heavy atom. The van der Waals surface area contributed by atoms with Crippen LogP contribution < -0.4 is 10.5 Å². The highest BCUT2D eigenvalue weighted by atomic mass is 32.2. The average Bonchev–Trinajstić information content (AvgIpc) is 3.49. The molecule has 1 fully saturated rings. The topological polar surface area (TPSA) is 154 Å². The van der Waals surface area contributed by atoms with Gasteiger partial charge in [-0.1, -0.05) is 12.1 Å². The lowest BCUT2D eigenvalue weighted by molar-refractivity contribution is -0.192. The van der Waals surface area contributed by atoms with Crippen LogP contribution in [0.1, 0.15) is 16.2 Å². The molecule has 1 atom stereocenters. The number of carboxylic acid groups (broad SMARTS) is 1. The standard InChI is InChI=1S/C22H24N4O4S2.C2HF3O2/c1-25(19-9-10-26(22(19)27)13-17-6-8-20(31-17)21(23)24)32(28,29)18-7-4-14-3-5-16(30-2)11-15(14)12-18;3-2(4,5)1(6)7/h3-8,11-12,19H,9-10,13H2,1-2H3,(H3,23,24);(H,6,7). The van der Waals surface area contributed by atoms with E-state index < -0.39 is 28.2 Å². The van der Waals surface area contributed by atoms with Gasteiger partial charge >= 0.3 is 12.1 Å². The highest BCUT2D eigenvalue weighted by molar-refractivity contribution is 7.89. The number of benzene rings is 2. The molecule has 0 spiro atoms. The predicted molar refractivity (Wildman–Crippen MR) is 138 cm³/mol. The van der Waals surface area contributed by atoms with E-state index in [-0.39, 0.29) is 16.6 Å². The number of ether oxygens (including phenoxy) is 1. The molecule has 0 aliphatic carbocycles. The Morgan fingerprint density at radius 3 is 2.41 bits per heavy atom. The minimum atomic E-state index is -5.08. The van der Waals surface area contributed by atoms with Crippen LogP contribution >= 0.6 is 11.3 Å². The van der Waals surface area contributed by atoms with Crippen LogP contribution in [0.2, 0.25) is 0 Å². The third-order valence-corrected chi connectivity index (χ3v) is 8.89. The van der Waals surface area contributed by atoms with Gasteiger partial charge in [0.1, 0.15) is 17.6 Å². The molecule has 210 valence electrons. The Bertz CT molecular complexity index is 1510. The highest BCUT2D eigenvalue weighted by Crippen LogP contribution is 2.29. The first-order valence-corrected chi connectivity index (χ1v) is 13.5. The quantitative estimate of drug-likeness (QED) is 0.284. The number of carbonyl (C=O) groups is 2. The number of nitrogen functional groups attached to an aromatic ring is 1. The van der Waals surface area contributed by atoms with Gasteiger partial charge in [0.2, 0.25) is 15.9 Å². The molecule has 0 saturated carbocycles. The van der Waals surface area contributed by atoms with Crippen molar-refractivity contribution in [3.8, 4) is 5.75 Å². The number of halogens is 3. The molecule has 0 bridgehead atoms. The summed E-state index contributed by atoms with van der Waals surface area (Å²) >= 11 is 1.36. The van der Waals surface area contributed by atoms with Gasteiger partial charge in [0.05, 0.1) is 23.4 Å². The normalized spacial score (nSPS) is 15.8. The molecule has 1 amide bonds. The van der Waals surface area contributed by atoms with Crippen LogP contribution in [0.25, 0.3) is 10.8 Å². The van der Waals surface area contributed by atoms with E-state index in [0.717, 1.165) is 15.6 Å². The van der Waals surface area contributed by atoms with Crippen molar-refractivity contribution in [1.82, 2.24) is 9.21 Å². The summed E-state index contributed by atoms with van der Waals surface area (Å²) in [6, 6.07) is 13.2. The summed E-state index contributed by atoms with van der Waals surface area (Å²) in [5, 5.41) is 16.3. The molecular formula is C24H25F3N4O6S2. The van der Waals surface area contributed by atoms with E-state index in [9.17, 15) is 26.4 Å². The van der Waals surface area contributed by atoms with Crippen LogP contribution in [0.3, 0.4) is 0 Å². The summed E-state index contributed by atoms with van der Waals surface area (Å²) < 4.78 is 64.7. The van der Waals surface area contributed by atoms with Gasteiger partial charge < -0.3 is 20.5 Å². The third kappa shape index (κ3) is 6.85. The van der Waals surface area contributed by atoms with Gasteiger partial charge in [-0.3, -0.25) is 10.2 Å². The molecule has 4 N–H and O–H groups in total. The highest BCUT2D eigenvalue weighted by Gasteiger charge is 2.40. The van der Waals surface area contributed by atoms with Crippen LogP contribution in [-0.4, -0.2) is 73.4 Å². The lowest BCUT2D eigenvalue weighted by atomic mass is 10.1. The Morgan fingerprint density at radius 1 is 1.21 bits per heavy atom. The van der Waals surface area contributed by atoms with Crippen molar-refractivity contribution in [2.45, 2.75) is 30.1 Å². The van der Waals surface area contributed by atoms with E-state index in [1.807, 2.05) is 18.2 Å². The molecule has 10 nitrogen and oxygen atoms in total. The van der Waals surface area contributed by atoms with Gasteiger partial charge in [-0.15, -0.1) is 11.3 Å². The molecule has 1 aromatic heterocycles. The molecule has 1 aliphatic heterocycles. The van der Waals surface area contributed by atoms with Crippen LogP contribution in [0.5, 0.6) is 5.75 Å². The molecular weight excluding hydrogens is 561 g/mol. The van der Waals surface area contributed by atoms with E-state index in [1.54, 1.807) is 42.3 Å². The van der Waals surface area contributed by atoms with Crippen molar-refractivity contribution in [3.63, 3.8) is 0 Å². The van der Waals surface area contributed by atoms with E-state index in [4.69, 9.17) is 25.8 Å². The second-order valence-electron chi connectivity index (χ2n) is 8.44. The fourth-order valence-electron chi connectivity index (χ4n) is 3.84. The number of nitrogens with two attached hydrogens (primary N) is 1. The first kappa shape index (κ1) is 29.9. The van der Waals surface area contributed by atoms with Crippen LogP contribution in [0.4, 0.5) is 13.2 Å². The number of likely N-dealkylation sites (N-methyl/N-ethyl adjacent to an activating group) is 1. The van der Waals surface area contributed by atoms with E-state index >= 15 is 0 Å². The zero-order valence-electron chi connectivity index (χ0n) is 20.7. The number of carbonyl (C=O) groups excluding carboxylic acids is 1. The lowest BCUT2D eigenvalue weighted by Crippen LogP contribution is -2.42. The summed E-state index contributed by atoms with van der Waals surface area (Å²) in [7, 11) is -0.853. The van der Waals surface area contributed by atoms with Gasteiger partial charge in [-0.05, 0) is 53.6 Å². The summed E-state index contributed by atoms with van der Waals surface area (Å²) in [6.07, 6.45) is -4.67. The van der Waals surface area contributed by atoms with Crippen molar-refractivity contribution in [3.05, 3.63) is 58.3 Å². The summed E-state index contributed by atoms with van der Waals surface area (Å²) in [5.41, 5.74) is 5.51. The summed E-state index contributed by atoms with van der Waals surface area (Å²) in [5.74, 6) is -2.35. The largest absolute Gasteiger partial charge is 0.497 e. The van der Waals surface area contributed by atoms with E-state index in [1.165, 1.54) is 22.7 Å². The van der Waals surface area contributed by atoms with Gasteiger partial charge in [0, 0.05) is 18.5 Å². The number of fused-ring (bicyclic) bond motifs is 1. The number of thiophene rings is 1. The Kier molecular flexibility index (Phi) is 8.87. The number of aliphatic carboxylic acids is 1. The van der Waals surface area contributed by atoms with Crippen LogP contribution in [-0.2, 0) is 26.2 Å². The number of hydrogen-bond acceptors (Lipinski definition) is 7. The summed E-state index contributed by atoms with van der Waals surface area (Å²) in [4.78, 5) is 25.2. The molecule has 1 saturated heterocycles. The lowest BCUT2D eigenvalue weighted by Gasteiger charge is -2.23. The number of amidine groups is 1. The molecule has 1 aliphatic rings. The van der Waals surface area contributed by atoms with Crippen LogP contribution in [0, 0.1) is 5.41 Å². The van der Waals surface area contributed by atoms with Crippen molar-refractivity contribution >= 4 is 49.8 Å². The van der Waals surface area contributed by atoms with Gasteiger partial charge in [0.25, 0.3) is 0 Å². The number of hydrogen-bond donors (Lipinski definition) is 3. The fraction of sp³-hybridized carbons (Fsp3) is 0.292. The third-order valence-electron chi connectivity index (χ3n) is 5.92. The SMILES string of the molecule is COc1ccc2ccc(S(=O)(=O)N(C)C3CCN(Cc4ccc(C(=N)N)s4)C3=O)cc2c1.O=C(O)C(F)(F)F. The number of sulfonamides is 1. The molecule has 39 heavy (non-hydrogen) atoms. The maximum atomic E-state index is 13.3. The maximum Gasteiger partial charge on any atom is 0.490 e. The second-order valence-corrected chi connectivity index (χ2v) is 11.6. The Labute approximate surface area is 225 Å². The maximum absolute atomic E-state index is 13.3. The van der Waals surface area contributed by atoms with Gasteiger partial charge in [-0.25, -0.2) is 13.2 Å². The molecule has 15 heteroatoms. The van der Waals surface area contributed by atoms with Crippen molar-refractivity contribution in [2.75, 3.05) is 20.7 Å². The number of amides is 1. The zero-order chi connectivity index (χ0) is 29.1. The van der Waals surface area contributed by atoms with Crippen molar-refractivity contribution < 1.29 is 41.0 Å². The van der Waals surface area contributed by atoms with Gasteiger partial charge in [0.15, 0.2) is 0 Å². The average molecular weight is 587 g/mol. The van der Waals surface area contributed by atoms with Crippen LogP contribution in [0.15, 0.2) is 53.4 Å². The number of nitrogens with zero attached hydrogens (tertiary/aromatic N) is 2. The molecule has 4 rings (SSSR count). The van der Waals surface area contributed by atoms with Crippen molar-refractivity contribution in [1.29, 1.82) is 5.41 Å². The van der Waals surface area contributed by atoms with E-state index in [0.29, 0.717) is 30.1 Å².